The number of aromatic amines is 1. The Bertz CT molecular complexity index is 1150. The maximum absolute atomic E-state index is 12.8. The molecule has 1 amide bonds. The highest BCUT2D eigenvalue weighted by atomic mass is 32.1. The number of carbonyl (C=O) groups is 1. The summed E-state index contributed by atoms with van der Waals surface area (Å²) in [5.41, 5.74) is 3.47. The Labute approximate surface area is 162 Å². The van der Waals surface area contributed by atoms with Gasteiger partial charge in [0.25, 0.3) is 11.5 Å². The number of amides is 1. The molecule has 0 saturated heterocycles. The predicted molar refractivity (Wildman–Crippen MR) is 109 cm³/mol. The quantitative estimate of drug-likeness (QED) is 0.679. The van der Waals surface area contributed by atoms with Gasteiger partial charge in [0.15, 0.2) is 4.77 Å². The van der Waals surface area contributed by atoms with E-state index in [1.165, 1.54) is 15.7 Å². The second kappa shape index (κ2) is 7.12. The highest BCUT2D eigenvalue weighted by molar-refractivity contribution is 7.71. The Morgan fingerprint density at radius 2 is 2.11 bits per heavy atom. The monoisotopic (exact) mass is 379 g/mol. The molecule has 4 rings (SSSR count). The third-order valence-electron chi connectivity index (χ3n) is 5.24. The lowest BCUT2D eigenvalue weighted by Gasteiger charge is -2.26. The van der Waals surface area contributed by atoms with Gasteiger partial charge in [-0.3, -0.25) is 14.2 Å². The van der Waals surface area contributed by atoms with Gasteiger partial charge < -0.3 is 10.3 Å². The van der Waals surface area contributed by atoms with E-state index >= 15 is 0 Å². The van der Waals surface area contributed by atoms with E-state index in [1.54, 1.807) is 18.2 Å². The minimum absolute atomic E-state index is 0.0183. The van der Waals surface area contributed by atoms with Gasteiger partial charge in [-0.1, -0.05) is 24.3 Å². The lowest BCUT2D eigenvalue weighted by Crippen LogP contribution is -2.31. The summed E-state index contributed by atoms with van der Waals surface area (Å²) in [6.45, 7) is 2.38. The van der Waals surface area contributed by atoms with Crippen molar-refractivity contribution in [2.75, 3.05) is 0 Å². The molecule has 6 heteroatoms. The number of aromatic nitrogens is 2. The Morgan fingerprint density at radius 3 is 2.93 bits per heavy atom. The third kappa shape index (κ3) is 3.21. The molecule has 0 unspecified atom stereocenters. The van der Waals surface area contributed by atoms with E-state index in [4.69, 9.17) is 12.2 Å². The van der Waals surface area contributed by atoms with Crippen LogP contribution >= 0.6 is 12.2 Å². The minimum atomic E-state index is -0.141. The fourth-order valence-corrected chi connectivity index (χ4v) is 4.15. The van der Waals surface area contributed by atoms with Crippen LogP contribution in [0.15, 0.2) is 47.3 Å². The standard InChI is InChI=1S/C21H21N3O2S/c1-2-24-20(26)16-11-10-14(12-18(16)23-21(24)27)19(25)22-17-9-5-7-13-6-3-4-8-15(13)17/h3-4,6,8,10-12,17H,2,5,7,9H2,1H3,(H,22,25)(H,23,27)/t17-/m1/s1. The summed E-state index contributed by atoms with van der Waals surface area (Å²) in [5.74, 6) is -0.141. The van der Waals surface area contributed by atoms with Crippen molar-refractivity contribution in [2.24, 2.45) is 0 Å². The number of H-pyrrole nitrogens is 1. The molecule has 0 bridgehead atoms. The van der Waals surface area contributed by atoms with Crippen molar-refractivity contribution in [1.82, 2.24) is 14.9 Å². The van der Waals surface area contributed by atoms with E-state index in [0.29, 0.717) is 27.8 Å². The first-order chi connectivity index (χ1) is 13.1. The molecule has 5 nitrogen and oxygen atoms in total. The largest absolute Gasteiger partial charge is 0.345 e. The number of hydrogen-bond acceptors (Lipinski definition) is 3. The summed E-state index contributed by atoms with van der Waals surface area (Å²) in [7, 11) is 0. The normalized spacial score (nSPS) is 16.1. The molecule has 138 valence electrons. The van der Waals surface area contributed by atoms with Crippen LogP contribution in [-0.4, -0.2) is 15.5 Å². The molecule has 0 saturated carbocycles. The maximum Gasteiger partial charge on any atom is 0.262 e. The minimum Gasteiger partial charge on any atom is -0.345 e. The van der Waals surface area contributed by atoms with Crippen molar-refractivity contribution in [3.05, 3.63) is 74.3 Å². The SMILES string of the molecule is CCn1c(=S)[nH]c2cc(C(=O)N[C@@H]3CCCc4ccccc43)ccc2c1=O. The van der Waals surface area contributed by atoms with Crippen LogP contribution in [0, 0.1) is 4.77 Å². The van der Waals surface area contributed by atoms with Gasteiger partial charge >= 0.3 is 0 Å². The number of rotatable bonds is 3. The number of carbonyl (C=O) groups excluding carboxylic acids is 1. The van der Waals surface area contributed by atoms with Crippen LogP contribution in [0.3, 0.4) is 0 Å². The molecule has 1 heterocycles. The van der Waals surface area contributed by atoms with E-state index in [-0.39, 0.29) is 17.5 Å². The number of fused-ring (bicyclic) bond motifs is 2. The zero-order valence-corrected chi connectivity index (χ0v) is 15.9. The second-order valence-electron chi connectivity index (χ2n) is 6.86. The van der Waals surface area contributed by atoms with Gasteiger partial charge in [0.1, 0.15) is 0 Å². The molecule has 2 N–H and O–H groups in total. The number of nitrogens with zero attached hydrogens (tertiary/aromatic N) is 1. The summed E-state index contributed by atoms with van der Waals surface area (Å²) in [5, 5.41) is 3.68. The van der Waals surface area contributed by atoms with E-state index < -0.39 is 0 Å². The van der Waals surface area contributed by atoms with E-state index in [2.05, 4.69) is 22.4 Å². The number of benzene rings is 2. The van der Waals surface area contributed by atoms with Crippen molar-refractivity contribution in [3.63, 3.8) is 0 Å². The molecule has 1 aromatic heterocycles. The summed E-state index contributed by atoms with van der Waals surface area (Å²) in [4.78, 5) is 28.4. The van der Waals surface area contributed by atoms with Gasteiger partial charge in [-0.15, -0.1) is 0 Å². The molecule has 0 spiro atoms. The fraction of sp³-hybridized carbons (Fsp3) is 0.286. The van der Waals surface area contributed by atoms with Crippen molar-refractivity contribution in [2.45, 2.75) is 38.8 Å². The molecule has 1 atom stereocenters. The molecule has 3 aromatic rings. The average Bonchev–Trinajstić information content (AvgIpc) is 2.68. The first kappa shape index (κ1) is 17.7. The highest BCUT2D eigenvalue weighted by Crippen LogP contribution is 2.29. The number of hydrogen-bond donors (Lipinski definition) is 2. The van der Waals surface area contributed by atoms with Crippen LogP contribution in [0.1, 0.15) is 47.3 Å². The van der Waals surface area contributed by atoms with Crippen LogP contribution in [0.25, 0.3) is 10.9 Å². The first-order valence-electron chi connectivity index (χ1n) is 9.24. The molecule has 2 aromatic carbocycles. The Hall–Kier alpha value is -2.73. The molecule has 0 fully saturated rings. The maximum atomic E-state index is 12.8. The van der Waals surface area contributed by atoms with Gasteiger partial charge in [-0.25, -0.2) is 0 Å². The van der Waals surface area contributed by atoms with Crippen molar-refractivity contribution >= 4 is 29.0 Å². The van der Waals surface area contributed by atoms with Crippen molar-refractivity contribution < 1.29 is 4.79 Å². The summed E-state index contributed by atoms with van der Waals surface area (Å²) >= 11 is 5.26. The van der Waals surface area contributed by atoms with Gasteiger partial charge in [0.05, 0.1) is 16.9 Å². The van der Waals surface area contributed by atoms with E-state index in [0.717, 1.165) is 19.3 Å². The van der Waals surface area contributed by atoms with Gasteiger partial charge in [-0.05, 0) is 67.7 Å². The molecular weight excluding hydrogens is 358 g/mol. The van der Waals surface area contributed by atoms with Crippen LogP contribution in [0.4, 0.5) is 0 Å². The number of aryl methyl sites for hydroxylation is 1. The van der Waals surface area contributed by atoms with Crippen LogP contribution in [0.5, 0.6) is 0 Å². The highest BCUT2D eigenvalue weighted by Gasteiger charge is 2.22. The molecule has 27 heavy (non-hydrogen) atoms. The van der Waals surface area contributed by atoms with Crippen LogP contribution < -0.4 is 10.9 Å². The van der Waals surface area contributed by atoms with Crippen molar-refractivity contribution in [1.29, 1.82) is 0 Å². The van der Waals surface area contributed by atoms with Gasteiger partial charge in [0, 0.05) is 12.1 Å². The zero-order valence-electron chi connectivity index (χ0n) is 15.1. The Balaban J connectivity index is 1.66. The molecular formula is C21H21N3O2S. The summed E-state index contributed by atoms with van der Waals surface area (Å²) in [6.07, 6.45) is 3.04. The lowest BCUT2D eigenvalue weighted by atomic mass is 9.87. The summed E-state index contributed by atoms with van der Waals surface area (Å²) < 4.78 is 1.88. The molecule has 1 aliphatic carbocycles. The molecule has 0 radical (unpaired) electrons. The van der Waals surface area contributed by atoms with Crippen LogP contribution in [-0.2, 0) is 13.0 Å². The predicted octanol–water partition coefficient (Wildman–Crippen LogP) is 3.89. The van der Waals surface area contributed by atoms with Gasteiger partial charge in [-0.2, -0.15) is 0 Å². The first-order valence-corrected chi connectivity index (χ1v) is 9.65. The lowest BCUT2D eigenvalue weighted by molar-refractivity contribution is 0.0933. The topological polar surface area (TPSA) is 66.9 Å². The van der Waals surface area contributed by atoms with E-state index in [1.807, 2.05) is 19.1 Å². The zero-order chi connectivity index (χ0) is 19.0. The molecule has 0 aliphatic heterocycles. The smallest absolute Gasteiger partial charge is 0.262 e. The van der Waals surface area contributed by atoms with Crippen molar-refractivity contribution in [3.8, 4) is 0 Å². The fourth-order valence-electron chi connectivity index (χ4n) is 3.83. The third-order valence-corrected chi connectivity index (χ3v) is 5.56. The number of nitrogens with one attached hydrogen (secondary N) is 2. The summed E-state index contributed by atoms with van der Waals surface area (Å²) in [6, 6.07) is 13.4. The molecule has 1 aliphatic rings. The second-order valence-corrected chi connectivity index (χ2v) is 7.24. The Kier molecular flexibility index (Phi) is 4.66. The Morgan fingerprint density at radius 1 is 1.30 bits per heavy atom. The van der Waals surface area contributed by atoms with E-state index in [9.17, 15) is 9.59 Å². The van der Waals surface area contributed by atoms with Crippen LogP contribution in [0.2, 0.25) is 0 Å². The van der Waals surface area contributed by atoms with Gasteiger partial charge in [0.2, 0.25) is 0 Å². The average molecular weight is 379 g/mol.